The van der Waals surface area contributed by atoms with Crippen molar-refractivity contribution in [3.8, 4) is 0 Å². The number of hydrogen-bond donors (Lipinski definition) is 2. The van der Waals surface area contributed by atoms with Gasteiger partial charge in [0.25, 0.3) is 0 Å². The summed E-state index contributed by atoms with van der Waals surface area (Å²) in [6.07, 6.45) is 3.82. The molecule has 0 amide bonds. The molecular weight excluding hydrogens is 250 g/mol. The number of rotatable bonds is 2. The van der Waals surface area contributed by atoms with E-state index in [4.69, 9.17) is 11.1 Å². The van der Waals surface area contributed by atoms with Gasteiger partial charge < -0.3 is 10.6 Å². The van der Waals surface area contributed by atoms with Gasteiger partial charge in [-0.05, 0) is 30.0 Å². The van der Waals surface area contributed by atoms with Crippen LogP contribution in [-0.2, 0) is 13.0 Å². The Balaban J connectivity index is 1.91. The molecule has 1 aromatic heterocycles. The standard InChI is InChI=1S/C15H17N5/c16-14(17)13-7-8-18-15(19-13)20-9-3-6-11-4-1-2-5-12(11)10-20/h1-2,4-5,7-8H,3,6,9-10H2,(H3,16,17). The van der Waals surface area contributed by atoms with E-state index in [1.807, 2.05) is 0 Å². The summed E-state index contributed by atoms with van der Waals surface area (Å²) >= 11 is 0. The molecule has 0 bridgehead atoms. The summed E-state index contributed by atoms with van der Waals surface area (Å²) in [6, 6.07) is 10.2. The van der Waals surface area contributed by atoms with E-state index in [2.05, 4.69) is 39.1 Å². The third-order valence-electron chi connectivity index (χ3n) is 3.56. The average Bonchev–Trinajstić information content (AvgIpc) is 2.69. The Morgan fingerprint density at radius 1 is 1.20 bits per heavy atom. The highest BCUT2D eigenvalue weighted by Crippen LogP contribution is 2.21. The van der Waals surface area contributed by atoms with Crippen LogP contribution in [0.1, 0.15) is 23.2 Å². The van der Waals surface area contributed by atoms with Crippen molar-refractivity contribution in [2.45, 2.75) is 19.4 Å². The maximum Gasteiger partial charge on any atom is 0.226 e. The van der Waals surface area contributed by atoms with E-state index < -0.39 is 0 Å². The van der Waals surface area contributed by atoms with E-state index in [9.17, 15) is 0 Å². The summed E-state index contributed by atoms with van der Waals surface area (Å²) in [5.41, 5.74) is 8.70. The van der Waals surface area contributed by atoms with E-state index in [0.29, 0.717) is 11.6 Å². The number of aromatic nitrogens is 2. The molecule has 0 saturated heterocycles. The quantitative estimate of drug-likeness (QED) is 0.641. The highest BCUT2D eigenvalue weighted by molar-refractivity contribution is 5.93. The molecule has 1 aromatic carbocycles. The number of nitrogen functional groups attached to an aromatic ring is 1. The Hall–Kier alpha value is -2.43. The highest BCUT2D eigenvalue weighted by Gasteiger charge is 2.16. The third kappa shape index (κ3) is 2.47. The second-order valence-corrected chi connectivity index (χ2v) is 4.95. The molecule has 1 aliphatic heterocycles. The van der Waals surface area contributed by atoms with Crippen LogP contribution in [-0.4, -0.2) is 22.3 Å². The zero-order valence-electron chi connectivity index (χ0n) is 11.2. The molecule has 3 N–H and O–H groups in total. The minimum Gasteiger partial charge on any atom is -0.382 e. The lowest BCUT2D eigenvalue weighted by Crippen LogP contribution is -2.26. The zero-order chi connectivity index (χ0) is 13.9. The Labute approximate surface area is 118 Å². The fourth-order valence-electron chi connectivity index (χ4n) is 2.52. The van der Waals surface area contributed by atoms with E-state index in [1.165, 1.54) is 11.1 Å². The number of fused-ring (bicyclic) bond motifs is 1. The lowest BCUT2D eigenvalue weighted by Gasteiger charge is -2.21. The lowest BCUT2D eigenvalue weighted by atomic mass is 10.0. The van der Waals surface area contributed by atoms with Crippen LogP contribution in [0, 0.1) is 5.41 Å². The monoisotopic (exact) mass is 267 g/mol. The predicted molar refractivity (Wildman–Crippen MR) is 78.9 cm³/mol. The molecule has 5 heteroatoms. The first-order valence-corrected chi connectivity index (χ1v) is 6.73. The molecule has 102 valence electrons. The summed E-state index contributed by atoms with van der Waals surface area (Å²) in [7, 11) is 0. The van der Waals surface area contributed by atoms with Gasteiger partial charge in [0.1, 0.15) is 11.5 Å². The largest absolute Gasteiger partial charge is 0.382 e. The number of benzene rings is 1. The lowest BCUT2D eigenvalue weighted by molar-refractivity contribution is 0.739. The molecular formula is C15H17N5. The van der Waals surface area contributed by atoms with Gasteiger partial charge in [0.2, 0.25) is 5.95 Å². The molecule has 0 spiro atoms. The van der Waals surface area contributed by atoms with Crippen LogP contribution in [0.3, 0.4) is 0 Å². The fraction of sp³-hybridized carbons (Fsp3) is 0.267. The second-order valence-electron chi connectivity index (χ2n) is 4.95. The topological polar surface area (TPSA) is 78.9 Å². The number of amidine groups is 1. The van der Waals surface area contributed by atoms with Crippen molar-refractivity contribution in [2.75, 3.05) is 11.4 Å². The SMILES string of the molecule is N=C(N)c1ccnc(N2CCCc3ccccc3C2)n1. The first-order chi connectivity index (χ1) is 9.74. The van der Waals surface area contributed by atoms with E-state index in [0.717, 1.165) is 25.9 Å². The number of hydrogen-bond acceptors (Lipinski definition) is 4. The summed E-state index contributed by atoms with van der Waals surface area (Å²) in [4.78, 5) is 10.8. The minimum atomic E-state index is -0.0242. The first-order valence-electron chi connectivity index (χ1n) is 6.73. The maximum atomic E-state index is 7.48. The molecule has 0 aliphatic carbocycles. The van der Waals surface area contributed by atoms with Gasteiger partial charge in [-0.2, -0.15) is 0 Å². The molecule has 1 aliphatic rings. The Bertz CT molecular complexity index is 638. The van der Waals surface area contributed by atoms with Crippen LogP contribution in [0.5, 0.6) is 0 Å². The van der Waals surface area contributed by atoms with Crippen molar-refractivity contribution in [1.82, 2.24) is 9.97 Å². The van der Waals surface area contributed by atoms with Crippen LogP contribution >= 0.6 is 0 Å². The molecule has 20 heavy (non-hydrogen) atoms. The molecule has 0 saturated carbocycles. The van der Waals surface area contributed by atoms with Crippen molar-refractivity contribution in [2.24, 2.45) is 5.73 Å². The van der Waals surface area contributed by atoms with E-state index in [-0.39, 0.29) is 5.84 Å². The predicted octanol–water partition coefficient (Wildman–Crippen LogP) is 1.71. The number of anilines is 1. The Kier molecular flexibility index (Phi) is 3.33. The third-order valence-corrected chi connectivity index (χ3v) is 3.56. The molecule has 0 fully saturated rings. The van der Waals surface area contributed by atoms with Crippen molar-refractivity contribution in [3.63, 3.8) is 0 Å². The smallest absolute Gasteiger partial charge is 0.226 e. The highest BCUT2D eigenvalue weighted by atomic mass is 15.2. The van der Waals surface area contributed by atoms with Crippen LogP contribution < -0.4 is 10.6 Å². The summed E-state index contributed by atoms with van der Waals surface area (Å²) in [5.74, 6) is 0.623. The second kappa shape index (κ2) is 5.28. The zero-order valence-corrected chi connectivity index (χ0v) is 11.2. The molecule has 2 heterocycles. The van der Waals surface area contributed by atoms with Gasteiger partial charge in [-0.1, -0.05) is 24.3 Å². The number of aryl methyl sites for hydroxylation is 1. The minimum absolute atomic E-state index is 0.0242. The average molecular weight is 267 g/mol. The number of nitrogens with zero attached hydrogens (tertiary/aromatic N) is 3. The van der Waals surface area contributed by atoms with Gasteiger partial charge in [-0.3, -0.25) is 5.41 Å². The summed E-state index contributed by atoms with van der Waals surface area (Å²) < 4.78 is 0. The van der Waals surface area contributed by atoms with E-state index in [1.54, 1.807) is 12.3 Å². The van der Waals surface area contributed by atoms with Crippen LogP contribution in [0.2, 0.25) is 0 Å². The normalized spacial score (nSPS) is 14.5. The summed E-state index contributed by atoms with van der Waals surface area (Å²) in [6.45, 7) is 1.72. The van der Waals surface area contributed by atoms with Gasteiger partial charge in [-0.25, -0.2) is 9.97 Å². The van der Waals surface area contributed by atoms with Crippen LogP contribution in [0.4, 0.5) is 5.95 Å². The van der Waals surface area contributed by atoms with Crippen molar-refractivity contribution >= 4 is 11.8 Å². The van der Waals surface area contributed by atoms with Crippen LogP contribution in [0.25, 0.3) is 0 Å². The molecule has 3 rings (SSSR count). The van der Waals surface area contributed by atoms with E-state index >= 15 is 0 Å². The van der Waals surface area contributed by atoms with Crippen molar-refractivity contribution in [3.05, 3.63) is 53.3 Å². The molecule has 0 radical (unpaired) electrons. The van der Waals surface area contributed by atoms with Gasteiger partial charge in [0.05, 0.1) is 0 Å². The number of nitrogens with one attached hydrogen (secondary N) is 1. The number of nitrogens with two attached hydrogens (primary N) is 1. The van der Waals surface area contributed by atoms with Gasteiger partial charge in [0, 0.05) is 19.3 Å². The molecule has 0 atom stereocenters. The summed E-state index contributed by atoms with van der Waals surface area (Å²) in [5, 5.41) is 7.48. The van der Waals surface area contributed by atoms with Crippen LogP contribution in [0.15, 0.2) is 36.5 Å². The van der Waals surface area contributed by atoms with Gasteiger partial charge >= 0.3 is 0 Å². The first kappa shape index (κ1) is 12.6. The van der Waals surface area contributed by atoms with Crippen molar-refractivity contribution < 1.29 is 0 Å². The van der Waals surface area contributed by atoms with Crippen molar-refractivity contribution in [1.29, 1.82) is 5.41 Å². The molecule has 0 unspecified atom stereocenters. The fourth-order valence-corrected chi connectivity index (χ4v) is 2.52. The Morgan fingerprint density at radius 3 is 2.80 bits per heavy atom. The Morgan fingerprint density at radius 2 is 2.00 bits per heavy atom. The molecule has 2 aromatic rings. The maximum absolute atomic E-state index is 7.48. The molecule has 5 nitrogen and oxygen atoms in total. The van der Waals surface area contributed by atoms with Gasteiger partial charge in [0.15, 0.2) is 0 Å². The van der Waals surface area contributed by atoms with Gasteiger partial charge in [-0.15, -0.1) is 0 Å².